The van der Waals surface area contributed by atoms with Crippen molar-refractivity contribution in [2.45, 2.75) is 36.9 Å². The van der Waals surface area contributed by atoms with Crippen molar-refractivity contribution in [3.63, 3.8) is 0 Å². The molecule has 0 aromatic carbocycles. The van der Waals surface area contributed by atoms with Crippen molar-refractivity contribution in [2.24, 2.45) is 0 Å². The van der Waals surface area contributed by atoms with Crippen molar-refractivity contribution < 1.29 is 22.7 Å². The molecule has 1 aromatic heterocycles. The molecule has 2 rings (SSSR count). The Labute approximate surface area is 126 Å². The molecule has 1 N–H and O–H groups in total. The van der Waals surface area contributed by atoms with Gasteiger partial charge in [0.2, 0.25) is 10.0 Å². The van der Waals surface area contributed by atoms with E-state index >= 15 is 0 Å². The van der Waals surface area contributed by atoms with Gasteiger partial charge < -0.3 is 14.3 Å². The van der Waals surface area contributed by atoms with E-state index in [9.17, 15) is 8.42 Å². The summed E-state index contributed by atoms with van der Waals surface area (Å²) in [6.07, 6.45) is 2.89. The van der Waals surface area contributed by atoms with Crippen LogP contribution in [0, 0.1) is 0 Å². The molecule has 1 aliphatic heterocycles. The van der Waals surface area contributed by atoms with Crippen LogP contribution in [0.25, 0.3) is 0 Å². The van der Waals surface area contributed by atoms with Crippen molar-refractivity contribution in [1.82, 2.24) is 4.31 Å². The van der Waals surface area contributed by atoms with Crippen LogP contribution in [-0.2, 0) is 21.4 Å². The zero-order chi connectivity index (χ0) is 14.8. The molecule has 1 aromatic rings. The largest absolute Gasteiger partial charge is 0.450 e. The fourth-order valence-electron chi connectivity index (χ4n) is 2.16. The topological polar surface area (TPSA) is 80.0 Å². The molecule has 1 fully saturated rings. The Morgan fingerprint density at radius 2 is 2.25 bits per heavy atom. The average Bonchev–Trinajstić information content (AvgIpc) is 2.82. The second-order valence-corrected chi connectivity index (χ2v) is 7.52. The SMILES string of the molecule is CN(CC1CCCCO1)S(=O)(=O)c1cc(CO)oc1Br. The summed E-state index contributed by atoms with van der Waals surface area (Å²) in [5, 5.41) is 9.00. The summed E-state index contributed by atoms with van der Waals surface area (Å²) in [6.45, 7) is 0.653. The van der Waals surface area contributed by atoms with Gasteiger partial charge in [-0.2, -0.15) is 4.31 Å². The average molecular weight is 368 g/mol. The van der Waals surface area contributed by atoms with E-state index in [0.717, 1.165) is 19.3 Å². The van der Waals surface area contributed by atoms with Crippen molar-refractivity contribution in [2.75, 3.05) is 20.2 Å². The molecule has 0 amide bonds. The van der Waals surface area contributed by atoms with Gasteiger partial charge in [-0.05, 0) is 35.2 Å². The van der Waals surface area contributed by atoms with Crippen molar-refractivity contribution >= 4 is 26.0 Å². The van der Waals surface area contributed by atoms with E-state index in [-0.39, 0.29) is 28.0 Å². The fraction of sp³-hybridized carbons (Fsp3) is 0.667. The molecule has 1 unspecified atom stereocenters. The Hall–Kier alpha value is -0.410. The Balaban J connectivity index is 2.13. The van der Waals surface area contributed by atoms with Gasteiger partial charge in [-0.25, -0.2) is 8.42 Å². The lowest BCUT2D eigenvalue weighted by atomic mass is 10.1. The number of likely N-dealkylation sites (N-methyl/N-ethyl adjacent to an activating group) is 1. The maximum Gasteiger partial charge on any atom is 0.247 e. The maximum absolute atomic E-state index is 12.5. The number of sulfonamides is 1. The van der Waals surface area contributed by atoms with E-state index in [1.54, 1.807) is 0 Å². The Bertz CT molecular complexity index is 550. The van der Waals surface area contributed by atoms with E-state index in [1.165, 1.54) is 17.4 Å². The molecule has 0 spiro atoms. The van der Waals surface area contributed by atoms with Gasteiger partial charge in [0.05, 0.1) is 6.10 Å². The summed E-state index contributed by atoms with van der Waals surface area (Å²) < 4.78 is 37.0. The third kappa shape index (κ3) is 3.43. The predicted molar refractivity (Wildman–Crippen MR) is 75.7 cm³/mol. The molecule has 114 valence electrons. The van der Waals surface area contributed by atoms with Gasteiger partial charge >= 0.3 is 0 Å². The zero-order valence-corrected chi connectivity index (χ0v) is 13.6. The van der Waals surface area contributed by atoms with E-state index < -0.39 is 10.0 Å². The smallest absolute Gasteiger partial charge is 0.247 e. The summed E-state index contributed by atoms with van der Waals surface area (Å²) in [7, 11) is -2.14. The first kappa shape index (κ1) is 16.0. The first-order valence-electron chi connectivity index (χ1n) is 6.42. The minimum atomic E-state index is -3.66. The summed E-state index contributed by atoms with van der Waals surface area (Å²) in [4.78, 5) is 0.0276. The highest BCUT2D eigenvalue weighted by Crippen LogP contribution is 2.29. The molecule has 0 saturated carbocycles. The number of halogens is 1. The number of ether oxygens (including phenoxy) is 1. The first-order chi connectivity index (χ1) is 9.45. The zero-order valence-electron chi connectivity index (χ0n) is 11.2. The minimum absolute atomic E-state index is 0.0276. The number of rotatable bonds is 5. The molecule has 0 aliphatic carbocycles. The summed E-state index contributed by atoms with van der Waals surface area (Å²) >= 11 is 3.07. The van der Waals surface area contributed by atoms with Gasteiger partial charge in [-0.3, -0.25) is 0 Å². The highest BCUT2D eigenvalue weighted by molar-refractivity contribution is 9.10. The van der Waals surface area contributed by atoms with Crippen LogP contribution in [0.15, 0.2) is 20.0 Å². The number of hydrogen-bond acceptors (Lipinski definition) is 5. The standard InChI is InChI=1S/C12H18BrNO5S/c1-14(7-9-4-2-3-5-18-9)20(16,17)11-6-10(8-15)19-12(11)13/h6,9,15H,2-5,7-8H2,1H3. The maximum atomic E-state index is 12.5. The quantitative estimate of drug-likeness (QED) is 0.856. The monoisotopic (exact) mass is 367 g/mol. The third-order valence-corrected chi connectivity index (χ3v) is 5.97. The molecular weight excluding hydrogens is 350 g/mol. The van der Waals surface area contributed by atoms with Gasteiger partial charge in [0.15, 0.2) is 4.67 Å². The Morgan fingerprint density at radius 1 is 1.50 bits per heavy atom. The number of hydrogen-bond donors (Lipinski definition) is 1. The van der Waals surface area contributed by atoms with E-state index in [2.05, 4.69) is 15.9 Å². The second-order valence-electron chi connectivity index (χ2n) is 4.78. The molecule has 1 saturated heterocycles. The second kappa shape index (κ2) is 6.57. The van der Waals surface area contributed by atoms with Crippen LogP contribution < -0.4 is 0 Å². The Morgan fingerprint density at radius 3 is 2.80 bits per heavy atom. The first-order valence-corrected chi connectivity index (χ1v) is 8.65. The molecule has 1 aliphatic rings. The highest BCUT2D eigenvalue weighted by atomic mass is 79.9. The molecule has 1 atom stereocenters. The molecule has 0 radical (unpaired) electrons. The van der Waals surface area contributed by atoms with Crippen LogP contribution in [0.1, 0.15) is 25.0 Å². The van der Waals surface area contributed by atoms with Crippen LogP contribution in [0.4, 0.5) is 0 Å². The lowest BCUT2D eigenvalue weighted by Gasteiger charge is -2.26. The van der Waals surface area contributed by atoms with Crippen molar-refractivity contribution in [3.8, 4) is 0 Å². The number of aliphatic hydroxyl groups is 1. The molecule has 2 heterocycles. The minimum Gasteiger partial charge on any atom is -0.450 e. The summed E-state index contributed by atoms with van der Waals surface area (Å²) in [5.41, 5.74) is 0. The Kier molecular flexibility index (Phi) is 5.25. The normalized spacial score (nSPS) is 20.5. The van der Waals surface area contributed by atoms with Gasteiger partial charge in [0.1, 0.15) is 17.3 Å². The lowest BCUT2D eigenvalue weighted by molar-refractivity contribution is 0.00858. The van der Waals surface area contributed by atoms with Crippen molar-refractivity contribution in [3.05, 3.63) is 16.5 Å². The predicted octanol–water partition coefficient (Wildman–Crippen LogP) is 1.72. The lowest BCUT2D eigenvalue weighted by Crippen LogP contribution is -2.37. The molecular formula is C12H18BrNO5S. The van der Waals surface area contributed by atoms with Gasteiger partial charge in [-0.15, -0.1) is 0 Å². The van der Waals surface area contributed by atoms with Crippen LogP contribution in [0.5, 0.6) is 0 Å². The number of aliphatic hydroxyl groups excluding tert-OH is 1. The van der Waals surface area contributed by atoms with Crippen LogP contribution in [0.2, 0.25) is 0 Å². The van der Waals surface area contributed by atoms with E-state index in [1.807, 2.05) is 0 Å². The number of nitrogens with zero attached hydrogens (tertiary/aromatic N) is 1. The van der Waals surface area contributed by atoms with Gasteiger partial charge in [0, 0.05) is 26.3 Å². The summed E-state index contributed by atoms with van der Waals surface area (Å²) in [6, 6.07) is 1.33. The van der Waals surface area contributed by atoms with Gasteiger partial charge in [-0.1, -0.05) is 0 Å². The van der Waals surface area contributed by atoms with Gasteiger partial charge in [0.25, 0.3) is 0 Å². The van der Waals surface area contributed by atoms with Crippen molar-refractivity contribution in [1.29, 1.82) is 0 Å². The van der Waals surface area contributed by atoms with E-state index in [4.69, 9.17) is 14.3 Å². The highest BCUT2D eigenvalue weighted by Gasteiger charge is 2.29. The van der Waals surface area contributed by atoms with Crippen LogP contribution in [0.3, 0.4) is 0 Å². The van der Waals surface area contributed by atoms with Crippen LogP contribution >= 0.6 is 15.9 Å². The summed E-state index contributed by atoms with van der Waals surface area (Å²) in [5.74, 6) is 0.206. The van der Waals surface area contributed by atoms with E-state index in [0.29, 0.717) is 13.2 Å². The molecule has 0 bridgehead atoms. The molecule has 20 heavy (non-hydrogen) atoms. The molecule has 6 nitrogen and oxygen atoms in total. The fourth-order valence-corrected chi connectivity index (χ4v) is 4.31. The van der Waals surface area contributed by atoms with Crippen LogP contribution in [-0.4, -0.2) is 44.1 Å². The number of furan rings is 1. The molecule has 8 heteroatoms. The third-order valence-electron chi connectivity index (χ3n) is 3.29.